The molecule has 1 saturated heterocycles. The molecule has 0 bridgehead atoms. The molecule has 0 N–H and O–H groups in total. The summed E-state index contributed by atoms with van der Waals surface area (Å²) < 4.78 is 39.4. The van der Waals surface area contributed by atoms with E-state index in [1.807, 2.05) is 0 Å². The molecule has 0 aromatic carbocycles. The SMILES string of the molecule is Fc1cc(F)c(N2CC3CCCC3C2)nc1F. The van der Waals surface area contributed by atoms with Crippen LogP contribution in [0.3, 0.4) is 0 Å². The number of rotatable bonds is 1. The van der Waals surface area contributed by atoms with E-state index in [0.717, 1.165) is 12.8 Å². The Labute approximate surface area is 97.5 Å². The highest BCUT2D eigenvalue weighted by Crippen LogP contribution is 2.39. The molecule has 3 rings (SSSR count). The summed E-state index contributed by atoms with van der Waals surface area (Å²) in [4.78, 5) is 5.13. The first kappa shape index (κ1) is 10.9. The van der Waals surface area contributed by atoms with Crippen LogP contribution in [0.1, 0.15) is 19.3 Å². The minimum atomic E-state index is -1.23. The predicted molar refractivity (Wildman–Crippen MR) is 57.2 cm³/mol. The molecule has 2 heterocycles. The average Bonchev–Trinajstić information content (AvgIpc) is 2.83. The van der Waals surface area contributed by atoms with Crippen molar-refractivity contribution in [2.75, 3.05) is 18.0 Å². The van der Waals surface area contributed by atoms with Gasteiger partial charge in [0.15, 0.2) is 17.5 Å². The van der Waals surface area contributed by atoms with Crippen LogP contribution in [0, 0.1) is 29.4 Å². The lowest BCUT2D eigenvalue weighted by atomic mass is 10.0. The molecule has 2 atom stereocenters. The van der Waals surface area contributed by atoms with Crippen molar-refractivity contribution in [3.05, 3.63) is 23.6 Å². The maximum absolute atomic E-state index is 13.5. The lowest BCUT2D eigenvalue weighted by molar-refractivity contribution is 0.463. The molecule has 1 aliphatic heterocycles. The number of pyridine rings is 1. The molecule has 17 heavy (non-hydrogen) atoms. The van der Waals surface area contributed by atoms with E-state index in [9.17, 15) is 13.2 Å². The Balaban J connectivity index is 1.88. The Bertz CT molecular complexity index is 438. The van der Waals surface area contributed by atoms with E-state index in [1.165, 1.54) is 6.42 Å². The molecule has 5 heteroatoms. The van der Waals surface area contributed by atoms with E-state index in [1.54, 1.807) is 4.90 Å². The van der Waals surface area contributed by atoms with Gasteiger partial charge in [0.2, 0.25) is 0 Å². The zero-order valence-corrected chi connectivity index (χ0v) is 9.30. The zero-order chi connectivity index (χ0) is 12.0. The van der Waals surface area contributed by atoms with E-state index in [0.29, 0.717) is 31.0 Å². The summed E-state index contributed by atoms with van der Waals surface area (Å²) >= 11 is 0. The Kier molecular flexibility index (Phi) is 2.49. The van der Waals surface area contributed by atoms with Crippen LogP contribution in [0.5, 0.6) is 0 Å². The molecule has 0 radical (unpaired) electrons. The molecule has 2 fully saturated rings. The van der Waals surface area contributed by atoms with Gasteiger partial charge in [-0.3, -0.25) is 0 Å². The molecule has 0 spiro atoms. The average molecular weight is 242 g/mol. The van der Waals surface area contributed by atoms with Crippen LogP contribution in [0.4, 0.5) is 19.0 Å². The second-order valence-electron chi connectivity index (χ2n) is 4.92. The maximum atomic E-state index is 13.5. The number of aromatic nitrogens is 1. The highest BCUT2D eigenvalue weighted by molar-refractivity contribution is 5.42. The van der Waals surface area contributed by atoms with Crippen LogP contribution >= 0.6 is 0 Å². The van der Waals surface area contributed by atoms with Gasteiger partial charge in [-0.15, -0.1) is 0 Å². The normalized spacial score (nSPS) is 27.6. The summed E-state index contributed by atoms with van der Waals surface area (Å²) in [7, 11) is 0. The summed E-state index contributed by atoms with van der Waals surface area (Å²) in [6.07, 6.45) is 3.51. The summed E-state index contributed by atoms with van der Waals surface area (Å²) in [6, 6.07) is 0.575. The smallest absolute Gasteiger partial charge is 0.251 e. The quantitative estimate of drug-likeness (QED) is 0.704. The summed E-state index contributed by atoms with van der Waals surface area (Å²) in [5.41, 5.74) is 0. The van der Waals surface area contributed by atoms with Gasteiger partial charge in [0.1, 0.15) is 0 Å². The molecule has 1 aromatic rings. The van der Waals surface area contributed by atoms with E-state index >= 15 is 0 Å². The van der Waals surface area contributed by atoms with Gasteiger partial charge in [-0.05, 0) is 24.7 Å². The topological polar surface area (TPSA) is 16.1 Å². The lowest BCUT2D eigenvalue weighted by Crippen LogP contribution is -2.23. The first-order valence-corrected chi connectivity index (χ1v) is 5.91. The van der Waals surface area contributed by atoms with Crippen molar-refractivity contribution in [1.29, 1.82) is 0 Å². The molecular weight excluding hydrogens is 229 g/mol. The van der Waals surface area contributed by atoms with Gasteiger partial charge in [0.05, 0.1) is 0 Å². The number of hydrogen-bond donors (Lipinski definition) is 0. The molecule has 92 valence electrons. The van der Waals surface area contributed by atoms with Crippen molar-refractivity contribution >= 4 is 5.82 Å². The number of anilines is 1. The van der Waals surface area contributed by atoms with Crippen LogP contribution in [-0.2, 0) is 0 Å². The van der Waals surface area contributed by atoms with Crippen LogP contribution in [0.25, 0.3) is 0 Å². The van der Waals surface area contributed by atoms with E-state index in [-0.39, 0.29) is 5.82 Å². The van der Waals surface area contributed by atoms with E-state index < -0.39 is 17.6 Å². The largest absolute Gasteiger partial charge is 0.354 e. The molecule has 2 nitrogen and oxygen atoms in total. The highest BCUT2D eigenvalue weighted by atomic mass is 19.2. The van der Waals surface area contributed by atoms with Crippen molar-refractivity contribution in [3.8, 4) is 0 Å². The summed E-state index contributed by atoms with van der Waals surface area (Å²) in [5.74, 6) is -2.15. The first-order chi connectivity index (χ1) is 8.15. The molecule has 0 amide bonds. The zero-order valence-electron chi connectivity index (χ0n) is 9.30. The van der Waals surface area contributed by atoms with Crippen LogP contribution < -0.4 is 4.90 Å². The molecule has 1 aromatic heterocycles. The maximum Gasteiger partial charge on any atom is 0.251 e. The van der Waals surface area contributed by atoms with Gasteiger partial charge < -0.3 is 4.90 Å². The van der Waals surface area contributed by atoms with Crippen molar-refractivity contribution in [3.63, 3.8) is 0 Å². The fourth-order valence-corrected chi connectivity index (χ4v) is 3.06. The Morgan fingerprint density at radius 1 is 1.06 bits per heavy atom. The van der Waals surface area contributed by atoms with Gasteiger partial charge in [-0.2, -0.15) is 9.37 Å². The van der Waals surface area contributed by atoms with E-state index in [4.69, 9.17) is 0 Å². The van der Waals surface area contributed by atoms with Crippen LogP contribution in [-0.4, -0.2) is 18.1 Å². The summed E-state index contributed by atoms with van der Waals surface area (Å²) in [6.45, 7) is 1.42. The second-order valence-corrected chi connectivity index (χ2v) is 4.92. The van der Waals surface area contributed by atoms with E-state index in [2.05, 4.69) is 4.98 Å². The van der Waals surface area contributed by atoms with Gasteiger partial charge in [0.25, 0.3) is 5.95 Å². The number of halogens is 3. The van der Waals surface area contributed by atoms with Crippen molar-refractivity contribution in [1.82, 2.24) is 4.98 Å². The third-order valence-corrected chi connectivity index (χ3v) is 3.89. The van der Waals surface area contributed by atoms with Crippen LogP contribution in [0.2, 0.25) is 0 Å². The van der Waals surface area contributed by atoms with Gasteiger partial charge in [0, 0.05) is 19.2 Å². The Morgan fingerprint density at radius 2 is 1.71 bits per heavy atom. The minimum Gasteiger partial charge on any atom is -0.354 e. The fraction of sp³-hybridized carbons (Fsp3) is 0.583. The first-order valence-electron chi connectivity index (χ1n) is 5.91. The minimum absolute atomic E-state index is 0.0432. The molecular formula is C12H13F3N2. The van der Waals surface area contributed by atoms with Crippen LogP contribution in [0.15, 0.2) is 6.07 Å². The molecule has 1 aliphatic carbocycles. The number of hydrogen-bond acceptors (Lipinski definition) is 2. The lowest BCUT2D eigenvalue weighted by Gasteiger charge is -2.18. The van der Waals surface area contributed by atoms with Crippen molar-refractivity contribution < 1.29 is 13.2 Å². The third kappa shape index (κ3) is 1.77. The van der Waals surface area contributed by atoms with Gasteiger partial charge in [-0.25, -0.2) is 8.78 Å². The van der Waals surface area contributed by atoms with Gasteiger partial charge >= 0.3 is 0 Å². The number of fused-ring (bicyclic) bond motifs is 1. The van der Waals surface area contributed by atoms with Crippen molar-refractivity contribution in [2.45, 2.75) is 19.3 Å². The van der Waals surface area contributed by atoms with Crippen molar-refractivity contribution in [2.24, 2.45) is 11.8 Å². The predicted octanol–water partition coefficient (Wildman–Crippen LogP) is 2.74. The Hall–Kier alpha value is -1.26. The molecule has 2 aliphatic rings. The van der Waals surface area contributed by atoms with Gasteiger partial charge in [-0.1, -0.05) is 6.42 Å². The monoisotopic (exact) mass is 242 g/mol. The number of nitrogens with zero attached hydrogens (tertiary/aromatic N) is 2. The summed E-state index contributed by atoms with van der Waals surface area (Å²) in [5, 5.41) is 0. The Morgan fingerprint density at radius 3 is 2.35 bits per heavy atom. The fourth-order valence-electron chi connectivity index (χ4n) is 3.06. The highest BCUT2D eigenvalue weighted by Gasteiger charge is 2.37. The molecule has 1 saturated carbocycles. The second kappa shape index (κ2) is 3.89. The third-order valence-electron chi connectivity index (χ3n) is 3.89. The standard InChI is InChI=1S/C12H13F3N2/c13-9-4-10(14)12(16-11(9)15)17-5-7-2-1-3-8(7)6-17/h4,7-8H,1-3,5-6H2. The molecule has 2 unspecified atom stereocenters.